The average molecular weight is 338 g/mol. The zero-order valence-corrected chi connectivity index (χ0v) is 13.9. The molecule has 0 aromatic heterocycles. The van der Waals surface area contributed by atoms with Crippen molar-refractivity contribution in [3.63, 3.8) is 0 Å². The first-order valence-corrected chi connectivity index (χ1v) is 7.06. The second-order valence-corrected chi connectivity index (χ2v) is 5.17. The van der Waals surface area contributed by atoms with Crippen molar-refractivity contribution in [2.24, 2.45) is 0 Å². The van der Waals surface area contributed by atoms with Gasteiger partial charge in [-0.05, 0) is 32.2 Å². The summed E-state index contributed by atoms with van der Waals surface area (Å²) < 4.78 is 0. The summed E-state index contributed by atoms with van der Waals surface area (Å²) in [7, 11) is 1.81. The van der Waals surface area contributed by atoms with Crippen LogP contribution in [0.25, 0.3) is 0 Å². The van der Waals surface area contributed by atoms with E-state index in [-0.39, 0.29) is 42.4 Å². The first kappa shape index (κ1) is 18.9. The fraction of sp³-hybridized carbons (Fsp3) is 0.312. The Morgan fingerprint density at radius 3 is 2.57 bits per heavy atom. The van der Waals surface area contributed by atoms with E-state index >= 15 is 0 Å². The van der Waals surface area contributed by atoms with E-state index in [2.05, 4.69) is 17.2 Å². The van der Waals surface area contributed by atoms with Gasteiger partial charge in [0, 0.05) is 24.7 Å². The molecule has 1 aliphatic rings. The smallest absolute Gasteiger partial charge is 0.261 e. The average Bonchev–Trinajstić information content (AvgIpc) is 2.77. The maximum absolute atomic E-state index is 12.2. The van der Waals surface area contributed by atoms with E-state index in [0.29, 0.717) is 17.7 Å². The van der Waals surface area contributed by atoms with Crippen LogP contribution >= 0.6 is 12.4 Å². The Morgan fingerprint density at radius 2 is 1.96 bits per heavy atom. The predicted molar refractivity (Wildman–Crippen MR) is 90.1 cm³/mol. The van der Waals surface area contributed by atoms with Crippen molar-refractivity contribution in [3.8, 4) is 0 Å². The third-order valence-corrected chi connectivity index (χ3v) is 3.61. The first-order valence-electron chi connectivity index (χ1n) is 7.06. The Kier molecular flexibility index (Phi) is 6.48. The summed E-state index contributed by atoms with van der Waals surface area (Å²) in [6, 6.07) is 4.69. The molecule has 1 aromatic carbocycles. The van der Waals surface area contributed by atoms with E-state index in [0.717, 1.165) is 4.90 Å². The van der Waals surface area contributed by atoms with E-state index in [9.17, 15) is 14.4 Å². The van der Waals surface area contributed by atoms with Crippen molar-refractivity contribution in [2.75, 3.05) is 20.1 Å². The number of hydrogen-bond acceptors (Lipinski definition) is 4. The molecule has 1 unspecified atom stereocenters. The van der Waals surface area contributed by atoms with Gasteiger partial charge in [-0.2, -0.15) is 0 Å². The SMILES string of the molecule is C=CCN1C(=O)c2ccc(C(=O)NCC(C)NC)cc2C1=O.Cl. The second-order valence-electron chi connectivity index (χ2n) is 5.17. The molecular weight excluding hydrogens is 318 g/mol. The summed E-state index contributed by atoms with van der Waals surface area (Å²) in [6.07, 6.45) is 1.49. The molecule has 0 fully saturated rings. The molecule has 0 aliphatic carbocycles. The highest BCUT2D eigenvalue weighted by Gasteiger charge is 2.35. The number of benzene rings is 1. The van der Waals surface area contributed by atoms with Gasteiger partial charge in [-0.1, -0.05) is 6.08 Å². The van der Waals surface area contributed by atoms with Gasteiger partial charge in [0.2, 0.25) is 0 Å². The maximum Gasteiger partial charge on any atom is 0.261 e. The third kappa shape index (κ3) is 3.78. The normalized spacial score (nSPS) is 14.1. The van der Waals surface area contributed by atoms with Crippen LogP contribution in [-0.4, -0.2) is 48.8 Å². The lowest BCUT2D eigenvalue weighted by Gasteiger charge is -2.11. The van der Waals surface area contributed by atoms with Gasteiger partial charge in [-0.3, -0.25) is 19.3 Å². The van der Waals surface area contributed by atoms with Crippen LogP contribution in [0, 0.1) is 0 Å². The number of nitrogens with one attached hydrogen (secondary N) is 2. The van der Waals surface area contributed by atoms with Crippen LogP contribution in [0.15, 0.2) is 30.9 Å². The number of hydrogen-bond donors (Lipinski definition) is 2. The lowest BCUT2D eigenvalue weighted by Crippen LogP contribution is -2.37. The van der Waals surface area contributed by atoms with E-state index in [4.69, 9.17) is 0 Å². The van der Waals surface area contributed by atoms with Crippen LogP contribution in [0.2, 0.25) is 0 Å². The van der Waals surface area contributed by atoms with E-state index in [1.54, 1.807) is 6.07 Å². The minimum absolute atomic E-state index is 0. The number of fused-ring (bicyclic) bond motifs is 1. The third-order valence-electron chi connectivity index (χ3n) is 3.61. The Labute approximate surface area is 141 Å². The number of rotatable bonds is 6. The van der Waals surface area contributed by atoms with Crippen molar-refractivity contribution >= 4 is 30.1 Å². The largest absolute Gasteiger partial charge is 0.350 e. The molecule has 0 radical (unpaired) electrons. The number of carbonyl (C=O) groups excluding carboxylic acids is 3. The highest BCUT2D eigenvalue weighted by Crippen LogP contribution is 2.23. The van der Waals surface area contributed by atoms with Crippen molar-refractivity contribution < 1.29 is 14.4 Å². The van der Waals surface area contributed by atoms with Gasteiger partial charge in [0.1, 0.15) is 0 Å². The Balaban J connectivity index is 0.00000264. The minimum Gasteiger partial charge on any atom is -0.350 e. The van der Waals surface area contributed by atoms with Crippen molar-refractivity contribution in [1.29, 1.82) is 0 Å². The molecule has 0 saturated heterocycles. The molecule has 124 valence electrons. The summed E-state index contributed by atoms with van der Waals surface area (Å²) in [5, 5.41) is 5.79. The van der Waals surface area contributed by atoms with E-state index < -0.39 is 5.91 Å². The Morgan fingerprint density at radius 1 is 1.30 bits per heavy atom. The molecule has 3 amide bonds. The van der Waals surface area contributed by atoms with Gasteiger partial charge in [0.25, 0.3) is 17.7 Å². The molecular formula is C16H20ClN3O3. The molecule has 0 spiro atoms. The van der Waals surface area contributed by atoms with Crippen LogP contribution in [0.5, 0.6) is 0 Å². The standard InChI is InChI=1S/C16H19N3O3.ClH/c1-4-7-19-15(21)12-6-5-11(8-13(12)16(19)22)14(20)18-9-10(2)17-3;/h4-6,8,10,17H,1,7,9H2,2-3H3,(H,18,20);1H. The molecule has 1 aromatic rings. The van der Waals surface area contributed by atoms with Crippen molar-refractivity contribution in [3.05, 3.63) is 47.5 Å². The van der Waals surface area contributed by atoms with Crippen molar-refractivity contribution in [2.45, 2.75) is 13.0 Å². The van der Waals surface area contributed by atoms with Crippen LogP contribution in [-0.2, 0) is 0 Å². The number of likely N-dealkylation sites (N-methyl/N-ethyl adjacent to an activating group) is 1. The monoisotopic (exact) mass is 337 g/mol. The van der Waals surface area contributed by atoms with E-state index in [1.807, 2.05) is 14.0 Å². The van der Waals surface area contributed by atoms with Crippen LogP contribution in [0.4, 0.5) is 0 Å². The zero-order chi connectivity index (χ0) is 16.3. The number of carbonyl (C=O) groups is 3. The summed E-state index contributed by atoms with van der Waals surface area (Å²) in [6.45, 7) is 6.11. The molecule has 0 saturated carbocycles. The van der Waals surface area contributed by atoms with Gasteiger partial charge in [0.15, 0.2) is 0 Å². The molecule has 6 nitrogen and oxygen atoms in total. The number of nitrogens with zero attached hydrogens (tertiary/aromatic N) is 1. The van der Waals surface area contributed by atoms with Gasteiger partial charge < -0.3 is 10.6 Å². The van der Waals surface area contributed by atoms with Crippen LogP contribution in [0.1, 0.15) is 38.0 Å². The molecule has 23 heavy (non-hydrogen) atoms. The Hall–Kier alpha value is -2.18. The van der Waals surface area contributed by atoms with Crippen LogP contribution < -0.4 is 10.6 Å². The summed E-state index contributed by atoms with van der Waals surface area (Å²) in [4.78, 5) is 37.5. The summed E-state index contributed by atoms with van der Waals surface area (Å²) >= 11 is 0. The molecule has 1 aliphatic heterocycles. The number of imide groups is 1. The van der Waals surface area contributed by atoms with Crippen molar-refractivity contribution in [1.82, 2.24) is 15.5 Å². The second kappa shape index (κ2) is 7.89. The number of amides is 3. The fourth-order valence-electron chi connectivity index (χ4n) is 2.18. The van der Waals surface area contributed by atoms with Gasteiger partial charge >= 0.3 is 0 Å². The lowest BCUT2D eigenvalue weighted by molar-refractivity contribution is 0.0672. The topological polar surface area (TPSA) is 78.5 Å². The minimum atomic E-state index is -0.391. The maximum atomic E-state index is 12.2. The van der Waals surface area contributed by atoms with Gasteiger partial charge in [-0.25, -0.2) is 0 Å². The molecule has 2 N–H and O–H groups in total. The molecule has 0 bridgehead atoms. The molecule has 7 heteroatoms. The Bertz CT molecular complexity index is 645. The quantitative estimate of drug-likeness (QED) is 0.604. The van der Waals surface area contributed by atoms with Crippen LogP contribution in [0.3, 0.4) is 0 Å². The van der Waals surface area contributed by atoms with Gasteiger partial charge in [0.05, 0.1) is 11.1 Å². The summed E-state index contributed by atoms with van der Waals surface area (Å²) in [5.74, 6) is -1.01. The predicted octanol–water partition coefficient (Wildman–Crippen LogP) is 1.23. The number of halogens is 1. The molecule has 2 rings (SSSR count). The molecule has 1 heterocycles. The first-order chi connectivity index (χ1) is 10.5. The molecule has 1 atom stereocenters. The summed E-state index contributed by atoms with van der Waals surface area (Å²) in [5.41, 5.74) is 0.955. The fourth-order valence-corrected chi connectivity index (χ4v) is 2.18. The van der Waals surface area contributed by atoms with E-state index in [1.165, 1.54) is 18.2 Å². The highest BCUT2D eigenvalue weighted by molar-refractivity contribution is 6.22. The highest BCUT2D eigenvalue weighted by atomic mass is 35.5. The lowest BCUT2D eigenvalue weighted by atomic mass is 10.1. The van der Waals surface area contributed by atoms with Gasteiger partial charge in [-0.15, -0.1) is 19.0 Å². The zero-order valence-electron chi connectivity index (χ0n) is 13.1.